The lowest BCUT2D eigenvalue weighted by Crippen LogP contribution is -2.14. The number of halogens is 1. The molecular formula is C15H15BrN4O2S. The molecule has 0 bridgehead atoms. The van der Waals surface area contributed by atoms with E-state index in [0.29, 0.717) is 22.7 Å². The maximum Gasteiger partial charge on any atom is 0.226 e. The van der Waals surface area contributed by atoms with Gasteiger partial charge in [0, 0.05) is 17.8 Å². The molecule has 1 N–H and O–H groups in total. The van der Waals surface area contributed by atoms with Gasteiger partial charge in [0.25, 0.3) is 0 Å². The standard InChI is InChI=1S/C15H15BrN4O2S/c1-9-7-13(18-14(21)5-6-16)20(19-9)15-17-11-4-3-10(22-2)8-12(11)23-15/h3-4,7-8H,5-6H2,1-2H3,(H,18,21). The number of hydrogen-bond acceptors (Lipinski definition) is 5. The van der Waals surface area contributed by atoms with E-state index < -0.39 is 0 Å². The predicted octanol–water partition coefficient (Wildman–Crippen LogP) is 3.52. The highest BCUT2D eigenvalue weighted by molar-refractivity contribution is 9.09. The summed E-state index contributed by atoms with van der Waals surface area (Å²) in [5.74, 6) is 1.35. The van der Waals surface area contributed by atoms with E-state index in [1.807, 2.05) is 31.2 Å². The molecule has 1 amide bonds. The van der Waals surface area contributed by atoms with Gasteiger partial charge in [-0.15, -0.1) is 0 Å². The molecule has 2 heterocycles. The van der Waals surface area contributed by atoms with Crippen molar-refractivity contribution in [1.82, 2.24) is 14.8 Å². The van der Waals surface area contributed by atoms with Crippen molar-refractivity contribution in [3.8, 4) is 10.9 Å². The number of aromatic nitrogens is 3. The molecule has 0 aliphatic heterocycles. The maximum absolute atomic E-state index is 11.8. The minimum atomic E-state index is -0.0641. The van der Waals surface area contributed by atoms with E-state index >= 15 is 0 Å². The third kappa shape index (κ3) is 3.37. The molecule has 0 atom stereocenters. The lowest BCUT2D eigenvalue weighted by molar-refractivity contribution is -0.115. The predicted molar refractivity (Wildman–Crippen MR) is 95.1 cm³/mol. The van der Waals surface area contributed by atoms with Crippen molar-refractivity contribution in [2.45, 2.75) is 13.3 Å². The van der Waals surface area contributed by atoms with Crippen molar-refractivity contribution in [2.75, 3.05) is 17.8 Å². The monoisotopic (exact) mass is 394 g/mol. The van der Waals surface area contributed by atoms with E-state index in [1.165, 1.54) is 11.3 Å². The third-order valence-electron chi connectivity index (χ3n) is 3.19. The van der Waals surface area contributed by atoms with E-state index in [4.69, 9.17) is 4.74 Å². The molecule has 0 unspecified atom stereocenters. The molecule has 2 aromatic heterocycles. The number of alkyl halides is 1. The summed E-state index contributed by atoms with van der Waals surface area (Å²) in [5, 5.41) is 8.63. The molecule has 0 aliphatic rings. The zero-order chi connectivity index (χ0) is 16.4. The smallest absolute Gasteiger partial charge is 0.226 e. The van der Waals surface area contributed by atoms with Crippen LogP contribution >= 0.6 is 27.3 Å². The van der Waals surface area contributed by atoms with E-state index in [1.54, 1.807) is 11.8 Å². The molecule has 8 heteroatoms. The molecule has 0 saturated carbocycles. The van der Waals surface area contributed by atoms with Crippen LogP contribution in [0, 0.1) is 6.92 Å². The first-order valence-electron chi connectivity index (χ1n) is 6.98. The number of ether oxygens (including phenoxy) is 1. The molecule has 23 heavy (non-hydrogen) atoms. The van der Waals surface area contributed by atoms with Crippen LogP contribution in [-0.4, -0.2) is 33.1 Å². The van der Waals surface area contributed by atoms with Crippen molar-refractivity contribution >= 4 is 49.2 Å². The summed E-state index contributed by atoms with van der Waals surface area (Å²) < 4.78 is 7.91. The van der Waals surface area contributed by atoms with E-state index in [9.17, 15) is 4.79 Å². The van der Waals surface area contributed by atoms with Crippen molar-refractivity contribution in [2.24, 2.45) is 0 Å². The summed E-state index contributed by atoms with van der Waals surface area (Å²) in [6, 6.07) is 7.56. The van der Waals surface area contributed by atoms with Gasteiger partial charge in [0.1, 0.15) is 11.6 Å². The van der Waals surface area contributed by atoms with Gasteiger partial charge in [-0.25, -0.2) is 4.98 Å². The zero-order valence-corrected chi connectivity index (χ0v) is 15.1. The first-order chi connectivity index (χ1) is 11.1. The lowest BCUT2D eigenvalue weighted by atomic mass is 10.3. The highest BCUT2D eigenvalue weighted by atomic mass is 79.9. The van der Waals surface area contributed by atoms with Crippen LogP contribution in [0.15, 0.2) is 24.3 Å². The minimum Gasteiger partial charge on any atom is -0.497 e. The average Bonchev–Trinajstić information content (AvgIpc) is 3.09. The van der Waals surface area contributed by atoms with Crippen LogP contribution in [0.1, 0.15) is 12.1 Å². The fourth-order valence-corrected chi connectivity index (χ4v) is 3.46. The highest BCUT2D eigenvalue weighted by Crippen LogP contribution is 2.29. The Morgan fingerprint density at radius 1 is 1.43 bits per heavy atom. The van der Waals surface area contributed by atoms with Crippen molar-refractivity contribution < 1.29 is 9.53 Å². The molecule has 3 aromatic rings. The fraction of sp³-hybridized carbons (Fsp3) is 0.267. The van der Waals surface area contributed by atoms with Gasteiger partial charge in [-0.05, 0) is 25.1 Å². The number of nitrogens with zero attached hydrogens (tertiary/aromatic N) is 3. The number of methoxy groups -OCH3 is 1. The summed E-state index contributed by atoms with van der Waals surface area (Å²) in [6.45, 7) is 1.88. The summed E-state index contributed by atoms with van der Waals surface area (Å²) in [6.07, 6.45) is 0.404. The second kappa shape index (κ2) is 6.67. The SMILES string of the molecule is COc1ccc2nc(-n3nc(C)cc3NC(=O)CCBr)sc2c1. The van der Waals surface area contributed by atoms with Crippen LogP contribution in [0.5, 0.6) is 5.75 Å². The largest absolute Gasteiger partial charge is 0.497 e. The number of fused-ring (bicyclic) bond motifs is 1. The van der Waals surface area contributed by atoms with Crippen molar-refractivity contribution in [3.05, 3.63) is 30.0 Å². The van der Waals surface area contributed by atoms with Crippen molar-refractivity contribution in [3.63, 3.8) is 0 Å². The molecular weight excluding hydrogens is 380 g/mol. The Morgan fingerprint density at radius 2 is 2.26 bits per heavy atom. The van der Waals surface area contributed by atoms with Crippen LogP contribution < -0.4 is 10.1 Å². The minimum absolute atomic E-state index is 0.0641. The summed E-state index contributed by atoms with van der Waals surface area (Å²) in [4.78, 5) is 16.4. The number of thiazole rings is 1. The second-order valence-corrected chi connectivity index (χ2v) is 6.70. The Hall–Kier alpha value is -1.93. The molecule has 0 saturated heterocycles. The van der Waals surface area contributed by atoms with Gasteiger partial charge in [0.15, 0.2) is 0 Å². The third-order valence-corrected chi connectivity index (χ3v) is 4.58. The van der Waals surface area contributed by atoms with Crippen LogP contribution in [0.3, 0.4) is 0 Å². The van der Waals surface area contributed by atoms with Crippen LogP contribution in [0.25, 0.3) is 15.3 Å². The van der Waals surface area contributed by atoms with Crippen molar-refractivity contribution in [1.29, 1.82) is 0 Å². The second-order valence-electron chi connectivity index (χ2n) is 4.90. The average molecular weight is 395 g/mol. The molecule has 0 spiro atoms. The zero-order valence-electron chi connectivity index (χ0n) is 12.7. The first-order valence-corrected chi connectivity index (χ1v) is 8.92. The quantitative estimate of drug-likeness (QED) is 0.672. The van der Waals surface area contributed by atoms with Gasteiger partial charge in [-0.1, -0.05) is 27.3 Å². The lowest BCUT2D eigenvalue weighted by Gasteiger charge is -2.05. The number of rotatable bonds is 5. The Labute approximate surface area is 145 Å². The van der Waals surface area contributed by atoms with Gasteiger partial charge in [0.05, 0.1) is 23.0 Å². The molecule has 0 fully saturated rings. The van der Waals surface area contributed by atoms with E-state index in [2.05, 4.69) is 31.3 Å². The number of carbonyl (C=O) groups is 1. The Bertz CT molecular complexity index is 858. The molecule has 3 rings (SSSR count). The number of benzene rings is 1. The normalized spacial score (nSPS) is 10.9. The molecule has 0 aliphatic carbocycles. The number of nitrogens with one attached hydrogen (secondary N) is 1. The summed E-state index contributed by atoms with van der Waals surface area (Å²) in [5.41, 5.74) is 1.69. The van der Waals surface area contributed by atoms with E-state index in [0.717, 1.165) is 21.7 Å². The van der Waals surface area contributed by atoms with Crippen LogP contribution in [0.4, 0.5) is 5.82 Å². The Kier molecular flexibility index (Phi) is 4.63. The highest BCUT2D eigenvalue weighted by Gasteiger charge is 2.14. The number of hydrogen-bond donors (Lipinski definition) is 1. The molecule has 1 aromatic carbocycles. The van der Waals surface area contributed by atoms with Gasteiger partial charge < -0.3 is 10.1 Å². The number of carbonyl (C=O) groups excluding carboxylic acids is 1. The Morgan fingerprint density at radius 3 is 3.00 bits per heavy atom. The summed E-state index contributed by atoms with van der Waals surface area (Å²) in [7, 11) is 1.64. The van der Waals surface area contributed by atoms with Crippen LogP contribution in [-0.2, 0) is 4.79 Å². The topological polar surface area (TPSA) is 69.0 Å². The first kappa shape index (κ1) is 15.9. The molecule has 0 radical (unpaired) electrons. The molecule has 6 nitrogen and oxygen atoms in total. The number of amides is 1. The van der Waals surface area contributed by atoms with Gasteiger partial charge >= 0.3 is 0 Å². The summed E-state index contributed by atoms with van der Waals surface area (Å²) >= 11 is 4.76. The van der Waals surface area contributed by atoms with Gasteiger partial charge in [-0.2, -0.15) is 9.78 Å². The van der Waals surface area contributed by atoms with Gasteiger partial charge in [-0.3, -0.25) is 4.79 Å². The Balaban J connectivity index is 1.99. The maximum atomic E-state index is 11.8. The fourth-order valence-electron chi connectivity index (χ4n) is 2.14. The van der Waals surface area contributed by atoms with Gasteiger partial charge in [0.2, 0.25) is 11.0 Å². The van der Waals surface area contributed by atoms with E-state index in [-0.39, 0.29) is 5.91 Å². The molecule has 120 valence electrons. The van der Waals surface area contributed by atoms with Crippen LogP contribution in [0.2, 0.25) is 0 Å². The number of aryl methyl sites for hydroxylation is 1. The number of anilines is 1.